The van der Waals surface area contributed by atoms with Crippen molar-refractivity contribution in [1.82, 2.24) is 5.32 Å². The van der Waals surface area contributed by atoms with Crippen molar-refractivity contribution in [2.24, 2.45) is 0 Å². The van der Waals surface area contributed by atoms with Gasteiger partial charge in [-0.2, -0.15) is 0 Å². The molecule has 0 fully saturated rings. The smallest absolute Gasteiger partial charge is 0.123 e. The Kier molecular flexibility index (Phi) is 6.48. The fourth-order valence-electron chi connectivity index (χ4n) is 1.72. The van der Waals surface area contributed by atoms with Gasteiger partial charge in [0.25, 0.3) is 0 Å². The Bertz CT molecular complexity index is 326. The van der Waals surface area contributed by atoms with Crippen LogP contribution < -0.4 is 10.1 Å². The van der Waals surface area contributed by atoms with Gasteiger partial charge in [-0.15, -0.1) is 0 Å². The van der Waals surface area contributed by atoms with Crippen LogP contribution in [0.25, 0.3) is 0 Å². The van der Waals surface area contributed by atoms with Gasteiger partial charge in [-0.3, -0.25) is 0 Å². The van der Waals surface area contributed by atoms with Crippen LogP contribution in [0.4, 0.5) is 0 Å². The van der Waals surface area contributed by atoms with Gasteiger partial charge in [-0.25, -0.2) is 0 Å². The Hall–Kier alpha value is -1.22. The molecule has 0 aliphatic rings. The van der Waals surface area contributed by atoms with Gasteiger partial charge in [0.2, 0.25) is 0 Å². The van der Waals surface area contributed by atoms with Crippen LogP contribution in [0.1, 0.15) is 38.2 Å². The van der Waals surface area contributed by atoms with E-state index in [1.54, 1.807) is 13.2 Å². The zero-order chi connectivity index (χ0) is 12.5. The zero-order valence-corrected chi connectivity index (χ0v) is 10.8. The molecular formula is C14H23NO2. The van der Waals surface area contributed by atoms with E-state index in [0.717, 1.165) is 12.1 Å². The molecule has 0 spiro atoms. The number of hydrogen-bond acceptors (Lipinski definition) is 3. The summed E-state index contributed by atoms with van der Waals surface area (Å²) < 4.78 is 5.04. The topological polar surface area (TPSA) is 41.5 Å². The van der Waals surface area contributed by atoms with Gasteiger partial charge in [0.15, 0.2) is 0 Å². The maximum Gasteiger partial charge on any atom is 0.123 e. The number of hydrogen-bond donors (Lipinski definition) is 2. The minimum atomic E-state index is 0.297. The summed E-state index contributed by atoms with van der Waals surface area (Å²) in [5, 5.41) is 13.1. The summed E-state index contributed by atoms with van der Waals surface area (Å²) in [5.41, 5.74) is 0.918. The molecule has 0 unspecified atom stereocenters. The van der Waals surface area contributed by atoms with Crippen LogP contribution in [0.15, 0.2) is 18.2 Å². The number of benzene rings is 1. The van der Waals surface area contributed by atoms with E-state index < -0.39 is 0 Å². The van der Waals surface area contributed by atoms with Crippen molar-refractivity contribution in [2.75, 3.05) is 13.7 Å². The van der Waals surface area contributed by atoms with Crippen molar-refractivity contribution in [3.63, 3.8) is 0 Å². The van der Waals surface area contributed by atoms with Crippen molar-refractivity contribution in [2.45, 2.75) is 39.2 Å². The van der Waals surface area contributed by atoms with E-state index in [2.05, 4.69) is 12.2 Å². The standard InChI is InChI=1S/C14H23NO2/c1-3-4-5-6-9-15-11-12-7-8-13(17-2)10-14(12)16/h7-8,10,15-16H,3-6,9,11H2,1-2H3. The molecule has 0 aliphatic heterocycles. The highest BCUT2D eigenvalue weighted by Crippen LogP contribution is 2.22. The molecule has 2 N–H and O–H groups in total. The van der Waals surface area contributed by atoms with E-state index in [9.17, 15) is 5.11 Å². The largest absolute Gasteiger partial charge is 0.507 e. The molecule has 3 heteroatoms. The van der Waals surface area contributed by atoms with E-state index in [1.807, 2.05) is 12.1 Å². The normalized spacial score (nSPS) is 10.5. The van der Waals surface area contributed by atoms with Crippen molar-refractivity contribution in [3.8, 4) is 11.5 Å². The Morgan fingerprint density at radius 3 is 2.71 bits per heavy atom. The molecule has 1 aromatic rings. The molecule has 0 saturated heterocycles. The number of nitrogens with one attached hydrogen (secondary N) is 1. The summed E-state index contributed by atoms with van der Waals surface area (Å²) in [6.07, 6.45) is 5.04. The van der Waals surface area contributed by atoms with Crippen molar-refractivity contribution in [3.05, 3.63) is 23.8 Å². The van der Waals surface area contributed by atoms with E-state index in [-0.39, 0.29) is 0 Å². The van der Waals surface area contributed by atoms with Crippen LogP contribution in [-0.2, 0) is 6.54 Å². The first-order valence-electron chi connectivity index (χ1n) is 6.34. The predicted molar refractivity (Wildman–Crippen MR) is 70.5 cm³/mol. The molecule has 0 aromatic heterocycles. The Morgan fingerprint density at radius 1 is 1.24 bits per heavy atom. The van der Waals surface area contributed by atoms with Crippen LogP contribution in [0.5, 0.6) is 11.5 Å². The molecule has 17 heavy (non-hydrogen) atoms. The van der Waals surface area contributed by atoms with Crippen LogP contribution in [0, 0.1) is 0 Å². The number of rotatable bonds is 8. The molecule has 0 atom stereocenters. The highest BCUT2D eigenvalue weighted by atomic mass is 16.5. The summed E-state index contributed by atoms with van der Waals surface area (Å²) in [6.45, 7) is 3.93. The second-order valence-electron chi connectivity index (χ2n) is 4.23. The first-order valence-corrected chi connectivity index (χ1v) is 6.34. The number of unbranched alkanes of at least 4 members (excludes halogenated alkanes) is 3. The number of phenolic OH excluding ortho intramolecular Hbond substituents is 1. The summed E-state index contributed by atoms with van der Waals surface area (Å²) in [4.78, 5) is 0. The first kappa shape index (κ1) is 13.8. The van der Waals surface area contributed by atoms with Crippen LogP contribution >= 0.6 is 0 Å². The van der Waals surface area contributed by atoms with E-state index in [1.165, 1.54) is 25.7 Å². The lowest BCUT2D eigenvalue weighted by atomic mass is 10.1. The molecule has 0 bridgehead atoms. The fraction of sp³-hybridized carbons (Fsp3) is 0.571. The molecule has 0 radical (unpaired) electrons. The molecule has 96 valence electrons. The Labute approximate surface area is 104 Å². The summed E-state index contributed by atoms with van der Waals surface area (Å²) in [7, 11) is 1.60. The van der Waals surface area contributed by atoms with E-state index in [0.29, 0.717) is 18.0 Å². The zero-order valence-electron chi connectivity index (χ0n) is 10.8. The second-order valence-corrected chi connectivity index (χ2v) is 4.23. The van der Waals surface area contributed by atoms with Crippen molar-refractivity contribution >= 4 is 0 Å². The Balaban J connectivity index is 2.27. The second kappa shape index (κ2) is 7.96. The van der Waals surface area contributed by atoms with Gasteiger partial charge in [0.05, 0.1) is 7.11 Å². The van der Waals surface area contributed by atoms with Gasteiger partial charge >= 0.3 is 0 Å². The molecule has 0 aliphatic carbocycles. The quantitative estimate of drug-likeness (QED) is 0.683. The maximum atomic E-state index is 9.74. The molecule has 3 nitrogen and oxygen atoms in total. The number of aromatic hydroxyl groups is 1. The monoisotopic (exact) mass is 237 g/mol. The molecular weight excluding hydrogens is 214 g/mol. The van der Waals surface area contributed by atoms with Gasteiger partial charge in [-0.1, -0.05) is 32.3 Å². The predicted octanol–water partition coefficient (Wildman–Crippen LogP) is 3.07. The number of ether oxygens (including phenoxy) is 1. The van der Waals surface area contributed by atoms with Crippen LogP contribution in [-0.4, -0.2) is 18.8 Å². The Morgan fingerprint density at radius 2 is 2.06 bits per heavy atom. The van der Waals surface area contributed by atoms with E-state index >= 15 is 0 Å². The molecule has 1 rings (SSSR count). The third-order valence-electron chi connectivity index (χ3n) is 2.82. The molecule has 0 saturated carbocycles. The third-order valence-corrected chi connectivity index (χ3v) is 2.82. The van der Waals surface area contributed by atoms with Gasteiger partial charge in [0, 0.05) is 18.2 Å². The van der Waals surface area contributed by atoms with E-state index in [4.69, 9.17) is 4.74 Å². The lowest BCUT2D eigenvalue weighted by Crippen LogP contribution is -2.14. The SMILES string of the molecule is CCCCCCNCc1ccc(OC)cc1O. The van der Waals surface area contributed by atoms with Gasteiger partial charge in [0.1, 0.15) is 11.5 Å². The lowest BCUT2D eigenvalue weighted by Gasteiger charge is -2.08. The lowest BCUT2D eigenvalue weighted by molar-refractivity contribution is 0.406. The van der Waals surface area contributed by atoms with Crippen LogP contribution in [0.3, 0.4) is 0 Å². The number of methoxy groups -OCH3 is 1. The molecule has 0 heterocycles. The van der Waals surface area contributed by atoms with Crippen molar-refractivity contribution in [1.29, 1.82) is 0 Å². The highest BCUT2D eigenvalue weighted by Gasteiger charge is 2.02. The number of phenols is 1. The minimum absolute atomic E-state index is 0.297. The average molecular weight is 237 g/mol. The average Bonchev–Trinajstić information content (AvgIpc) is 2.35. The summed E-state index contributed by atoms with van der Waals surface area (Å²) in [6, 6.07) is 5.41. The van der Waals surface area contributed by atoms with Gasteiger partial charge in [-0.05, 0) is 19.0 Å². The summed E-state index contributed by atoms with van der Waals surface area (Å²) in [5.74, 6) is 0.986. The third kappa shape index (κ3) is 5.09. The first-order chi connectivity index (χ1) is 8.27. The molecule has 0 amide bonds. The fourth-order valence-corrected chi connectivity index (χ4v) is 1.72. The summed E-state index contributed by atoms with van der Waals surface area (Å²) >= 11 is 0. The van der Waals surface area contributed by atoms with Crippen molar-refractivity contribution < 1.29 is 9.84 Å². The van der Waals surface area contributed by atoms with Gasteiger partial charge < -0.3 is 15.2 Å². The minimum Gasteiger partial charge on any atom is -0.507 e. The van der Waals surface area contributed by atoms with Crippen LogP contribution in [0.2, 0.25) is 0 Å². The maximum absolute atomic E-state index is 9.74. The molecule has 1 aromatic carbocycles. The highest BCUT2D eigenvalue weighted by molar-refractivity contribution is 5.39.